The van der Waals surface area contributed by atoms with Crippen molar-refractivity contribution in [2.75, 3.05) is 13.7 Å². The van der Waals surface area contributed by atoms with E-state index in [1.54, 1.807) is 7.11 Å². The summed E-state index contributed by atoms with van der Waals surface area (Å²) < 4.78 is 13.0. The number of rotatable bonds is 8. The van der Waals surface area contributed by atoms with Crippen LogP contribution in [0, 0.1) is 0 Å². The van der Waals surface area contributed by atoms with Crippen molar-refractivity contribution in [2.45, 2.75) is 25.8 Å². The molecular formula is C16H21NO2. The molecule has 0 amide bonds. The SMILES string of the molecule is COc1ccc(OCCCCCn2cccc2)cc1. The van der Waals surface area contributed by atoms with E-state index in [4.69, 9.17) is 9.47 Å². The van der Waals surface area contributed by atoms with Gasteiger partial charge in [0.2, 0.25) is 0 Å². The smallest absolute Gasteiger partial charge is 0.119 e. The quantitative estimate of drug-likeness (QED) is 0.674. The van der Waals surface area contributed by atoms with Crippen molar-refractivity contribution in [2.24, 2.45) is 0 Å². The normalized spacial score (nSPS) is 10.4. The summed E-state index contributed by atoms with van der Waals surface area (Å²) in [6.07, 6.45) is 7.68. The molecule has 3 heteroatoms. The van der Waals surface area contributed by atoms with Crippen molar-refractivity contribution in [3.05, 3.63) is 48.8 Å². The minimum atomic E-state index is 0.776. The fraction of sp³-hybridized carbons (Fsp3) is 0.375. The molecule has 3 nitrogen and oxygen atoms in total. The Morgan fingerprint density at radius 3 is 2.26 bits per heavy atom. The van der Waals surface area contributed by atoms with Crippen LogP contribution < -0.4 is 9.47 Å². The zero-order valence-electron chi connectivity index (χ0n) is 11.4. The summed E-state index contributed by atoms with van der Waals surface area (Å²) in [5, 5.41) is 0. The summed E-state index contributed by atoms with van der Waals surface area (Å²) in [4.78, 5) is 0. The molecule has 1 aromatic carbocycles. The van der Waals surface area contributed by atoms with Crippen molar-refractivity contribution in [1.29, 1.82) is 0 Å². The van der Waals surface area contributed by atoms with Crippen LogP contribution in [-0.4, -0.2) is 18.3 Å². The number of hydrogen-bond donors (Lipinski definition) is 0. The molecule has 0 saturated carbocycles. The van der Waals surface area contributed by atoms with Gasteiger partial charge in [0, 0.05) is 18.9 Å². The summed E-state index contributed by atoms with van der Waals surface area (Å²) in [5.74, 6) is 1.77. The van der Waals surface area contributed by atoms with Gasteiger partial charge in [0.15, 0.2) is 0 Å². The lowest BCUT2D eigenvalue weighted by Gasteiger charge is -2.07. The van der Waals surface area contributed by atoms with E-state index >= 15 is 0 Å². The molecule has 0 N–H and O–H groups in total. The molecule has 0 radical (unpaired) electrons. The number of aromatic nitrogens is 1. The minimum Gasteiger partial charge on any atom is -0.497 e. The van der Waals surface area contributed by atoms with Crippen LogP contribution in [-0.2, 0) is 6.54 Å². The van der Waals surface area contributed by atoms with Crippen LogP contribution in [0.1, 0.15) is 19.3 Å². The molecule has 19 heavy (non-hydrogen) atoms. The molecule has 0 saturated heterocycles. The van der Waals surface area contributed by atoms with Crippen LogP contribution in [0.5, 0.6) is 11.5 Å². The Bertz CT molecular complexity index is 448. The molecule has 2 aromatic rings. The summed E-state index contributed by atoms with van der Waals surface area (Å²) in [6.45, 7) is 1.87. The van der Waals surface area contributed by atoms with Crippen molar-refractivity contribution in [1.82, 2.24) is 4.57 Å². The summed E-state index contributed by atoms with van der Waals surface area (Å²) in [6, 6.07) is 11.8. The molecule has 0 aliphatic heterocycles. The van der Waals surface area contributed by atoms with E-state index in [0.717, 1.165) is 31.1 Å². The molecule has 0 aliphatic rings. The van der Waals surface area contributed by atoms with Crippen LogP contribution in [0.25, 0.3) is 0 Å². The first-order valence-corrected chi connectivity index (χ1v) is 6.76. The van der Waals surface area contributed by atoms with Gasteiger partial charge in [-0.15, -0.1) is 0 Å². The van der Waals surface area contributed by atoms with Gasteiger partial charge in [-0.25, -0.2) is 0 Å². The van der Waals surface area contributed by atoms with E-state index < -0.39 is 0 Å². The second-order valence-corrected chi connectivity index (χ2v) is 4.51. The molecule has 0 unspecified atom stereocenters. The van der Waals surface area contributed by atoms with Gasteiger partial charge in [-0.1, -0.05) is 0 Å². The Morgan fingerprint density at radius 1 is 0.895 bits per heavy atom. The standard InChI is InChI=1S/C16H21NO2/c1-18-15-7-9-16(10-8-15)19-14-6-2-3-11-17-12-4-5-13-17/h4-5,7-10,12-13H,2-3,6,11,14H2,1H3. The van der Waals surface area contributed by atoms with Crippen LogP contribution in [0.15, 0.2) is 48.8 Å². The number of methoxy groups -OCH3 is 1. The highest BCUT2D eigenvalue weighted by Crippen LogP contribution is 2.17. The average Bonchev–Trinajstić information content (AvgIpc) is 2.96. The number of nitrogens with zero attached hydrogens (tertiary/aromatic N) is 1. The third-order valence-corrected chi connectivity index (χ3v) is 3.06. The van der Waals surface area contributed by atoms with Gasteiger partial charge < -0.3 is 14.0 Å². The van der Waals surface area contributed by atoms with Gasteiger partial charge >= 0.3 is 0 Å². The number of ether oxygens (including phenoxy) is 2. The molecule has 2 rings (SSSR count). The van der Waals surface area contributed by atoms with Gasteiger partial charge in [0.05, 0.1) is 13.7 Å². The van der Waals surface area contributed by atoms with E-state index in [1.165, 1.54) is 12.8 Å². The van der Waals surface area contributed by atoms with E-state index in [9.17, 15) is 0 Å². The molecule has 0 bridgehead atoms. The van der Waals surface area contributed by atoms with E-state index in [-0.39, 0.29) is 0 Å². The average molecular weight is 259 g/mol. The molecule has 0 fully saturated rings. The van der Waals surface area contributed by atoms with Gasteiger partial charge in [-0.3, -0.25) is 0 Å². The maximum absolute atomic E-state index is 5.68. The maximum atomic E-state index is 5.68. The lowest BCUT2D eigenvalue weighted by Crippen LogP contribution is -1.99. The Kier molecular flexibility index (Phi) is 5.35. The topological polar surface area (TPSA) is 23.4 Å². The van der Waals surface area contributed by atoms with E-state index in [1.807, 2.05) is 24.3 Å². The number of hydrogen-bond acceptors (Lipinski definition) is 2. The highest BCUT2D eigenvalue weighted by Gasteiger charge is 1.96. The zero-order chi connectivity index (χ0) is 13.3. The first kappa shape index (κ1) is 13.5. The van der Waals surface area contributed by atoms with Crippen molar-refractivity contribution in [3.8, 4) is 11.5 Å². The highest BCUT2D eigenvalue weighted by molar-refractivity contribution is 5.31. The molecular weight excluding hydrogens is 238 g/mol. The van der Waals surface area contributed by atoms with Crippen LogP contribution in [0.3, 0.4) is 0 Å². The Labute approximate surface area is 114 Å². The largest absolute Gasteiger partial charge is 0.497 e. The van der Waals surface area contributed by atoms with Gasteiger partial charge in [-0.05, 0) is 55.7 Å². The zero-order valence-corrected chi connectivity index (χ0v) is 11.4. The van der Waals surface area contributed by atoms with E-state index in [0.29, 0.717) is 0 Å². The van der Waals surface area contributed by atoms with Crippen molar-refractivity contribution >= 4 is 0 Å². The van der Waals surface area contributed by atoms with Crippen molar-refractivity contribution in [3.63, 3.8) is 0 Å². The van der Waals surface area contributed by atoms with Crippen LogP contribution in [0.4, 0.5) is 0 Å². The Balaban J connectivity index is 1.56. The van der Waals surface area contributed by atoms with Gasteiger partial charge in [0.25, 0.3) is 0 Å². The molecule has 0 aliphatic carbocycles. The molecule has 1 heterocycles. The summed E-state index contributed by atoms with van der Waals surface area (Å²) >= 11 is 0. The second kappa shape index (κ2) is 7.52. The van der Waals surface area contributed by atoms with Gasteiger partial charge in [0.1, 0.15) is 11.5 Å². The Hall–Kier alpha value is -1.90. The predicted molar refractivity (Wildman–Crippen MR) is 76.8 cm³/mol. The molecule has 0 atom stereocenters. The monoisotopic (exact) mass is 259 g/mol. The van der Waals surface area contributed by atoms with Crippen LogP contribution >= 0.6 is 0 Å². The number of aryl methyl sites for hydroxylation is 1. The first-order chi connectivity index (χ1) is 9.38. The number of benzene rings is 1. The fourth-order valence-electron chi connectivity index (χ4n) is 1.95. The summed E-state index contributed by atoms with van der Waals surface area (Å²) in [5.41, 5.74) is 0. The molecule has 102 valence electrons. The van der Waals surface area contributed by atoms with E-state index in [2.05, 4.69) is 29.1 Å². The predicted octanol–water partition coefficient (Wildman–Crippen LogP) is 3.75. The Morgan fingerprint density at radius 2 is 1.58 bits per heavy atom. The third kappa shape index (κ3) is 4.70. The first-order valence-electron chi connectivity index (χ1n) is 6.76. The molecule has 0 spiro atoms. The maximum Gasteiger partial charge on any atom is 0.119 e. The fourth-order valence-corrected chi connectivity index (χ4v) is 1.95. The third-order valence-electron chi connectivity index (χ3n) is 3.06. The summed E-state index contributed by atoms with van der Waals surface area (Å²) in [7, 11) is 1.67. The van der Waals surface area contributed by atoms with Gasteiger partial charge in [-0.2, -0.15) is 0 Å². The number of unbranched alkanes of at least 4 members (excludes halogenated alkanes) is 2. The lowest BCUT2D eigenvalue weighted by atomic mass is 10.2. The minimum absolute atomic E-state index is 0.776. The highest BCUT2D eigenvalue weighted by atomic mass is 16.5. The van der Waals surface area contributed by atoms with Crippen molar-refractivity contribution < 1.29 is 9.47 Å². The lowest BCUT2D eigenvalue weighted by molar-refractivity contribution is 0.303. The second-order valence-electron chi connectivity index (χ2n) is 4.51. The molecule has 1 aromatic heterocycles. The van der Waals surface area contributed by atoms with Crippen LogP contribution in [0.2, 0.25) is 0 Å².